The molecule has 0 aromatic heterocycles. The van der Waals surface area contributed by atoms with Crippen LogP contribution in [0.5, 0.6) is 0 Å². The predicted molar refractivity (Wildman–Crippen MR) is 79.2 cm³/mol. The molecule has 0 aliphatic heterocycles. The zero-order valence-corrected chi connectivity index (χ0v) is 11.5. The Morgan fingerprint density at radius 2 is 1.90 bits per heavy atom. The van der Waals surface area contributed by atoms with E-state index in [2.05, 4.69) is 5.32 Å². The molecule has 3 N–H and O–H groups in total. The quantitative estimate of drug-likeness (QED) is 0.846. The van der Waals surface area contributed by atoms with Crippen molar-refractivity contribution in [2.24, 2.45) is 0 Å². The molecule has 0 heterocycles. The number of anilines is 2. The monoisotopic (exact) mass is 292 g/mol. The van der Waals surface area contributed by atoms with Gasteiger partial charge in [-0.2, -0.15) is 0 Å². The fraction of sp³-hybridized carbons (Fsp3) is 0.133. The van der Waals surface area contributed by atoms with E-state index in [0.29, 0.717) is 24.2 Å². The number of rotatable bonds is 4. The van der Waals surface area contributed by atoms with Gasteiger partial charge in [-0.05, 0) is 42.3 Å². The lowest BCUT2D eigenvalue weighted by Crippen LogP contribution is -2.12. The second kappa shape index (κ2) is 6.39. The molecule has 0 bridgehead atoms. The summed E-state index contributed by atoms with van der Waals surface area (Å²) in [6, 6.07) is 11.5. The Morgan fingerprint density at radius 3 is 2.55 bits per heavy atom. The summed E-state index contributed by atoms with van der Waals surface area (Å²) in [6.07, 6.45) is 0.944. The van der Waals surface area contributed by atoms with Crippen molar-refractivity contribution in [3.05, 3.63) is 58.9 Å². The minimum atomic E-state index is -0.508. The number of halogens is 2. The maximum atomic E-state index is 13.0. The summed E-state index contributed by atoms with van der Waals surface area (Å²) in [5.41, 5.74) is 7.80. The highest BCUT2D eigenvalue weighted by Crippen LogP contribution is 2.19. The summed E-state index contributed by atoms with van der Waals surface area (Å²) in [5.74, 6) is -0.656. The van der Waals surface area contributed by atoms with Crippen molar-refractivity contribution in [2.45, 2.75) is 12.8 Å². The number of carbonyl (C=O) groups excluding carboxylic acids is 1. The Morgan fingerprint density at radius 1 is 1.20 bits per heavy atom. The molecule has 2 rings (SSSR count). The fourth-order valence-electron chi connectivity index (χ4n) is 1.74. The Hall–Kier alpha value is -2.07. The van der Waals surface area contributed by atoms with Gasteiger partial charge in [0, 0.05) is 17.8 Å². The largest absolute Gasteiger partial charge is 0.399 e. The molecule has 104 valence electrons. The maximum absolute atomic E-state index is 13.0. The number of carbonyl (C=O) groups is 1. The van der Waals surface area contributed by atoms with Crippen molar-refractivity contribution in [3.63, 3.8) is 0 Å². The van der Waals surface area contributed by atoms with Crippen molar-refractivity contribution in [1.29, 1.82) is 0 Å². The number of nitrogen functional groups attached to an aromatic ring is 1. The Kier molecular flexibility index (Phi) is 4.58. The zero-order valence-electron chi connectivity index (χ0n) is 10.7. The van der Waals surface area contributed by atoms with Crippen LogP contribution in [-0.2, 0) is 11.2 Å². The lowest BCUT2D eigenvalue weighted by molar-refractivity contribution is -0.116. The van der Waals surface area contributed by atoms with Crippen molar-refractivity contribution in [1.82, 2.24) is 0 Å². The number of hydrogen-bond donors (Lipinski definition) is 2. The second-order valence-corrected chi connectivity index (χ2v) is 4.83. The van der Waals surface area contributed by atoms with Gasteiger partial charge in [0.2, 0.25) is 5.91 Å². The van der Waals surface area contributed by atoms with Crippen LogP contribution in [0.4, 0.5) is 15.8 Å². The summed E-state index contributed by atoms with van der Waals surface area (Å²) in [6.45, 7) is 0. The first-order valence-electron chi connectivity index (χ1n) is 6.14. The van der Waals surface area contributed by atoms with E-state index in [1.54, 1.807) is 12.1 Å². The number of hydrogen-bond acceptors (Lipinski definition) is 2. The van der Waals surface area contributed by atoms with Crippen LogP contribution >= 0.6 is 11.6 Å². The number of nitrogens with one attached hydrogen (secondary N) is 1. The number of benzene rings is 2. The topological polar surface area (TPSA) is 55.1 Å². The van der Waals surface area contributed by atoms with Gasteiger partial charge in [0.25, 0.3) is 0 Å². The van der Waals surface area contributed by atoms with E-state index in [0.717, 1.165) is 5.56 Å². The minimum Gasteiger partial charge on any atom is -0.399 e. The third-order valence-electron chi connectivity index (χ3n) is 2.82. The van der Waals surface area contributed by atoms with E-state index in [1.165, 1.54) is 18.2 Å². The van der Waals surface area contributed by atoms with Crippen LogP contribution in [0.1, 0.15) is 12.0 Å². The number of aryl methyl sites for hydroxylation is 1. The molecule has 0 unspecified atom stereocenters. The van der Waals surface area contributed by atoms with Crippen molar-refractivity contribution >= 4 is 28.9 Å². The summed E-state index contributed by atoms with van der Waals surface area (Å²) in [7, 11) is 0. The van der Waals surface area contributed by atoms with E-state index in [-0.39, 0.29) is 10.9 Å². The van der Waals surface area contributed by atoms with Crippen molar-refractivity contribution in [3.8, 4) is 0 Å². The molecule has 0 spiro atoms. The molecule has 2 aromatic carbocycles. The molecule has 0 aliphatic rings. The van der Waals surface area contributed by atoms with Gasteiger partial charge in [-0.1, -0.05) is 23.7 Å². The summed E-state index contributed by atoms with van der Waals surface area (Å²) in [5, 5.41) is 2.66. The normalized spacial score (nSPS) is 10.3. The van der Waals surface area contributed by atoms with Gasteiger partial charge in [0.15, 0.2) is 0 Å². The molecule has 1 amide bonds. The Bertz CT molecular complexity index is 614. The first-order chi connectivity index (χ1) is 9.54. The van der Waals surface area contributed by atoms with E-state index in [9.17, 15) is 9.18 Å². The molecular formula is C15H14ClFN2O. The first-order valence-corrected chi connectivity index (χ1v) is 6.52. The van der Waals surface area contributed by atoms with Gasteiger partial charge in [-0.15, -0.1) is 0 Å². The highest BCUT2D eigenvalue weighted by Gasteiger charge is 2.05. The van der Waals surface area contributed by atoms with Crippen LogP contribution in [0, 0.1) is 5.82 Å². The summed E-state index contributed by atoms with van der Waals surface area (Å²) in [4.78, 5) is 11.8. The third kappa shape index (κ3) is 3.96. The molecule has 0 saturated carbocycles. The minimum absolute atomic E-state index is 0.0127. The lowest BCUT2D eigenvalue weighted by Gasteiger charge is -2.06. The van der Waals surface area contributed by atoms with Gasteiger partial charge in [-0.25, -0.2) is 4.39 Å². The average molecular weight is 293 g/mol. The van der Waals surface area contributed by atoms with Gasteiger partial charge in [0.1, 0.15) is 5.82 Å². The SMILES string of the molecule is Nc1ccc(CCC(=O)Nc2ccc(F)c(Cl)c2)cc1. The van der Waals surface area contributed by atoms with Crippen LogP contribution < -0.4 is 11.1 Å². The first kappa shape index (κ1) is 14.3. The molecule has 0 aliphatic carbocycles. The molecule has 20 heavy (non-hydrogen) atoms. The number of amides is 1. The summed E-state index contributed by atoms with van der Waals surface area (Å²) >= 11 is 5.65. The van der Waals surface area contributed by atoms with Crippen molar-refractivity contribution in [2.75, 3.05) is 11.1 Å². The van der Waals surface area contributed by atoms with Gasteiger partial charge in [-0.3, -0.25) is 4.79 Å². The Labute approximate surface area is 121 Å². The molecule has 5 heteroatoms. The third-order valence-corrected chi connectivity index (χ3v) is 3.11. The van der Waals surface area contributed by atoms with Crippen LogP contribution in [0.15, 0.2) is 42.5 Å². The molecule has 3 nitrogen and oxygen atoms in total. The van der Waals surface area contributed by atoms with Gasteiger partial charge < -0.3 is 11.1 Å². The van der Waals surface area contributed by atoms with Crippen molar-refractivity contribution < 1.29 is 9.18 Å². The predicted octanol–water partition coefficient (Wildman–Crippen LogP) is 3.63. The molecule has 2 aromatic rings. The zero-order chi connectivity index (χ0) is 14.5. The average Bonchev–Trinajstić information content (AvgIpc) is 2.42. The van der Waals surface area contributed by atoms with E-state index in [1.807, 2.05) is 12.1 Å². The highest BCUT2D eigenvalue weighted by molar-refractivity contribution is 6.31. The molecule has 0 saturated heterocycles. The van der Waals surface area contributed by atoms with Crippen LogP contribution in [0.2, 0.25) is 5.02 Å². The van der Waals surface area contributed by atoms with Gasteiger partial charge >= 0.3 is 0 Å². The maximum Gasteiger partial charge on any atom is 0.224 e. The summed E-state index contributed by atoms with van der Waals surface area (Å²) < 4.78 is 13.0. The smallest absolute Gasteiger partial charge is 0.224 e. The number of nitrogens with two attached hydrogens (primary N) is 1. The molecular weight excluding hydrogens is 279 g/mol. The van der Waals surface area contributed by atoms with E-state index in [4.69, 9.17) is 17.3 Å². The van der Waals surface area contributed by atoms with Crippen LogP contribution in [0.3, 0.4) is 0 Å². The highest BCUT2D eigenvalue weighted by atomic mass is 35.5. The fourth-order valence-corrected chi connectivity index (χ4v) is 1.92. The standard InChI is InChI=1S/C15H14ClFN2O/c16-13-9-12(6-7-14(13)17)19-15(20)8-3-10-1-4-11(18)5-2-10/h1-2,4-7,9H,3,8,18H2,(H,19,20). The molecule has 0 radical (unpaired) electrons. The van der Waals surface area contributed by atoms with E-state index >= 15 is 0 Å². The molecule has 0 fully saturated rings. The second-order valence-electron chi connectivity index (χ2n) is 4.42. The van der Waals surface area contributed by atoms with E-state index < -0.39 is 5.82 Å². The Balaban J connectivity index is 1.89. The van der Waals surface area contributed by atoms with Crippen LogP contribution in [-0.4, -0.2) is 5.91 Å². The van der Waals surface area contributed by atoms with Crippen LogP contribution in [0.25, 0.3) is 0 Å². The van der Waals surface area contributed by atoms with Gasteiger partial charge in [0.05, 0.1) is 5.02 Å². The lowest BCUT2D eigenvalue weighted by atomic mass is 10.1. The molecule has 0 atom stereocenters.